The lowest BCUT2D eigenvalue weighted by Gasteiger charge is -2.39. The molecule has 0 spiro atoms. The molecule has 1 heterocycles. The number of fused-ring (bicyclic) bond motifs is 1. The normalized spacial score (nSPS) is 23.6. The van der Waals surface area contributed by atoms with E-state index >= 15 is 0 Å². The molecule has 1 aromatic carbocycles. The molecular formula is C19H26N4O2. The van der Waals surface area contributed by atoms with E-state index in [0.29, 0.717) is 29.8 Å². The van der Waals surface area contributed by atoms with Crippen LogP contribution in [-0.4, -0.2) is 32.9 Å². The quantitative estimate of drug-likeness (QED) is 0.891. The summed E-state index contributed by atoms with van der Waals surface area (Å²) in [7, 11) is 0. The molecule has 6 nitrogen and oxygen atoms in total. The summed E-state index contributed by atoms with van der Waals surface area (Å²) in [5.41, 5.74) is 6.39. The third kappa shape index (κ3) is 3.58. The van der Waals surface area contributed by atoms with Crippen LogP contribution in [0.15, 0.2) is 29.1 Å². The zero-order valence-electron chi connectivity index (χ0n) is 14.9. The summed E-state index contributed by atoms with van der Waals surface area (Å²) in [6.07, 6.45) is 3.80. The number of carbonyl (C=O) groups excluding carboxylic acids is 1. The zero-order chi connectivity index (χ0) is 18.0. The summed E-state index contributed by atoms with van der Waals surface area (Å²) in [6.45, 7) is 4.76. The molecule has 2 aromatic rings. The fraction of sp³-hybridized carbons (Fsp3) is 0.526. The first-order valence-corrected chi connectivity index (χ1v) is 8.98. The number of hydrogen-bond acceptors (Lipinski definition) is 4. The number of nitrogens with one attached hydrogen (secondary N) is 1. The Morgan fingerprint density at radius 1 is 1.40 bits per heavy atom. The third-order valence-corrected chi connectivity index (χ3v) is 5.25. The van der Waals surface area contributed by atoms with Gasteiger partial charge in [0.05, 0.1) is 23.4 Å². The first-order chi connectivity index (χ1) is 11.9. The number of carbonyl (C=O) groups is 1. The van der Waals surface area contributed by atoms with Crippen molar-refractivity contribution in [1.29, 1.82) is 0 Å². The number of aromatic nitrogens is 2. The average molecular weight is 342 g/mol. The monoisotopic (exact) mass is 342 g/mol. The molecule has 1 fully saturated rings. The van der Waals surface area contributed by atoms with Gasteiger partial charge in [0.25, 0.3) is 5.56 Å². The molecule has 2 unspecified atom stereocenters. The Labute approximate surface area is 147 Å². The molecule has 0 aliphatic heterocycles. The van der Waals surface area contributed by atoms with Crippen LogP contribution in [0.3, 0.4) is 0 Å². The van der Waals surface area contributed by atoms with Gasteiger partial charge in [0.1, 0.15) is 5.82 Å². The van der Waals surface area contributed by atoms with E-state index in [1.165, 1.54) is 0 Å². The van der Waals surface area contributed by atoms with Crippen LogP contribution >= 0.6 is 0 Å². The maximum atomic E-state index is 13.0. The van der Waals surface area contributed by atoms with Gasteiger partial charge in [-0.05, 0) is 38.8 Å². The average Bonchev–Trinajstić information content (AvgIpc) is 2.59. The highest BCUT2D eigenvalue weighted by Crippen LogP contribution is 2.33. The van der Waals surface area contributed by atoms with Crippen molar-refractivity contribution in [3.63, 3.8) is 0 Å². The van der Waals surface area contributed by atoms with E-state index in [1.807, 2.05) is 32.0 Å². The third-order valence-electron chi connectivity index (χ3n) is 5.25. The van der Waals surface area contributed by atoms with Crippen molar-refractivity contribution in [2.45, 2.75) is 51.6 Å². The first kappa shape index (κ1) is 17.6. The Hall–Kier alpha value is -2.21. The predicted octanol–water partition coefficient (Wildman–Crippen LogP) is 2.18. The molecule has 1 aliphatic rings. The molecule has 0 radical (unpaired) electrons. The number of nitrogens with two attached hydrogens (primary N) is 1. The minimum atomic E-state index is -0.465. The maximum absolute atomic E-state index is 13.0. The van der Waals surface area contributed by atoms with Gasteiger partial charge in [-0.1, -0.05) is 25.0 Å². The number of benzene rings is 1. The van der Waals surface area contributed by atoms with Crippen molar-refractivity contribution < 1.29 is 4.79 Å². The minimum Gasteiger partial charge on any atom is -0.335 e. The lowest BCUT2D eigenvalue weighted by Crippen LogP contribution is -2.53. The summed E-state index contributed by atoms with van der Waals surface area (Å²) in [6, 6.07) is 7.22. The van der Waals surface area contributed by atoms with Crippen molar-refractivity contribution in [3.05, 3.63) is 40.4 Å². The lowest BCUT2D eigenvalue weighted by molar-refractivity contribution is -0.139. The Morgan fingerprint density at radius 3 is 2.88 bits per heavy atom. The van der Waals surface area contributed by atoms with Crippen molar-refractivity contribution in [1.82, 2.24) is 14.9 Å². The largest absolute Gasteiger partial charge is 0.335 e. The molecule has 1 aliphatic carbocycles. The van der Waals surface area contributed by atoms with Crippen LogP contribution in [-0.2, 0) is 11.3 Å². The van der Waals surface area contributed by atoms with Gasteiger partial charge in [0, 0.05) is 12.1 Å². The van der Waals surface area contributed by atoms with Crippen LogP contribution in [0.25, 0.3) is 10.9 Å². The molecule has 3 rings (SSSR count). The van der Waals surface area contributed by atoms with Crippen molar-refractivity contribution in [3.8, 4) is 0 Å². The molecule has 1 aromatic heterocycles. The fourth-order valence-electron chi connectivity index (χ4n) is 3.72. The lowest BCUT2D eigenvalue weighted by atomic mass is 9.74. The SMILES string of the molecule is CCN(Cc1nc2ccccc2c(=O)[nH]1)C(=O)C1CCCCC1(C)N. The van der Waals surface area contributed by atoms with E-state index in [0.717, 1.165) is 25.7 Å². The number of nitrogens with zero attached hydrogens (tertiary/aromatic N) is 2. The second kappa shape index (κ2) is 6.96. The summed E-state index contributed by atoms with van der Waals surface area (Å²) >= 11 is 0. The minimum absolute atomic E-state index is 0.0583. The number of hydrogen-bond donors (Lipinski definition) is 2. The Kier molecular flexibility index (Phi) is 4.90. The van der Waals surface area contributed by atoms with Crippen LogP contribution < -0.4 is 11.3 Å². The molecule has 134 valence electrons. The summed E-state index contributed by atoms with van der Waals surface area (Å²) < 4.78 is 0. The van der Waals surface area contributed by atoms with Crippen LogP contribution in [0.4, 0.5) is 0 Å². The van der Waals surface area contributed by atoms with Crippen LogP contribution in [0.5, 0.6) is 0 Å². The van der Waals surface area contributed by atoms with Gasteiger partial charge in [-0.3, -0.25) is 9.59 Å². The number of amides is 1. The van der Waals surface area contributed by atoms with Gasteiger partial charge >= 0.3 is 0 Å². The van der Waals surface area contributed by atoms with E-state index in [9.17, 15) is 9.59 Å². The fourth-order valence-corrected chi connectivity index (χ4v) is 3.72. The molecule has 6 heteroatoms. The highest BCUT2D eigenvalue weighted by molar-refractivity contribution is 5.80. The summed E-state index contributed by atoms with van der Waals surface area (Å²) in [5.74, 6) is 0.393. The first-order valence-electron chi connectivity index (χ1n) is 8.98. The molecule has 2 atom stereocenters. The predicted molar refractivity (Wildman–Crippen MR) is 98.0 cm³/mol. The van der Waals surface area contributed by atoms with Gasteiger partial charge in [-0.15, -0.1) is 0 Å². The van der Waals surface area contributed by atoms with E-state index in [2.05, 4.69) is 9.97 Å². The van der Waals surface area contributed by atoms with Crippen LogP contribution in [0.1, 0.15) is 45.4 Å². The van der Waals surface area contributed by atoms with E-state index in [4.69, 9.17) is 5.73 Å². The van der Waals surface area contributed by atoms with Crippen molar-refractivity contribution >= 4 is 16.8 Å². The summed E-state index contributed by atoms with van der Waals surface area (Å²) in [5, 5.41) is 0.558. The van der Waals surface area contributed by atoms with E-state index < -0.39 is 5.54 Å². The highest BCUT2D eigenvalue weighted by Gasteiger charge is 2.39. The maximum Gasteiger partial charge on any atom is 0.258 e. The number of aromatic amines is 1. The molecule has 0 bridgehead atoms. The highest BCUT2D eigenvalue weighted by atomic mass is 16.2. The summed E-state index contributed by atoms with van der Waals surface area (Å²) in [4.78, 5) is 34.3. The second-order valence-corrected chi connectivity index (χ2v) is 7.19. The molecule has 3 N–H and O–H groups in total. The van der Waals surface area contributed by atoms with E-state index in [-0.39, 0.29) is 17.4 Å². The van der Waals surface area contributed by atoms with Crippen LogP contribution in [0, 0.1) is 5.92 Å². The molecule has 1 amide bonds. The molecule has 0 saturated heterocycles. The number of H-pyrrole nitrogens is 1. The topological polar surface area (TPSA) is 92.1 Å². The molecule has 25 heavy (non-hydrogen) atoms. The van der Waals surface area contributed by atoms with Gasteiger partial charge in [-0.25, -0.2) is 4.98 Å². The molecule has 1 saturated carbocycles. The second-order valence-electron chi connectivity index (χ2n) is 7.19. The Bertz CT molecular complexity index is 828. The molecular weight excluding hydrogens is 316 g/mol. The smallest absolute Gasteiger partial charge is 0.258 e. The zero-order valence-corrected chi connectivity index (χ0v) is 14.9. The Morgan fingerprint density at radius 2 is 2.16 bits per heavy atom. The van der Waals surface area contributed by atoms with Crippen molar-refractivity contribution in [2.75, 3.05) is 6.54 Å². The number of rotatable bonds is 4. The van der Waals surface area contributed by atoms with Gasteiger partial charge in [0.2, 0.25) is 5.91 Å². The van der Waals surface area contributed by atoms with E-state index in [1.54, 1.807) is 11.0 Å². The number of para-hydroxylation sites is 1. The Balaban J connectivity index is 1.85. The standard InChI is InChI=1S/C19H26N4O2/c1-3-23(18(25)14-9-6-7-11-19(14,2)20)12-16-21-15-10-5-4-8-13(15)17(24)22-16/h4-5,8,10,14H,3,6-7,9,11-12,20H2,1-2H3,(H,21,22,24). The van der Waals surface area contributed by atoms with Gasteiger partial charge < -0.3 is 15.6 Å². The van der Waals surface area contributed by atoms with Crippen LogP contribution in [0.2, 0.25) is 0 Å². The van der Waals surface area contributed by atoms with Crippen molar-refractivity contribution in [2.24, 2.45) is 11.7 Å². The van der Waals surface area contributed by atoms with Gasteiger partial charge in [-0.2, -0.15) is 0 Å². The van der Waals surface area contributed by atoms with Gasteiger partial charge in [0.15, 0.2) is 0 Å².